The zero-order valence-electron chi connectivity index (χ0n) is 12.2. The van der Waals surface area contributed by atoms with Crippen molar-refractivity contribution in [1.29, 1.82) is 0 Å². The van der Waals surface area contributed by atoms with Gasteiger partial charge in [-0.05, 0) is 44.3 Å². The van der Waals surface area contributed by atoms with Crippen LogP contribution in [-0.4, -0.2) is 48.7 Å². The SMILES string of the molecule is CCCN(CC1CCCNC1)S(=O)(=O)c1ccnn1C. The molecule has 1 aliphatic rings. The maximum Gasteiger partial charge on any atom is 0.260 e. The summed E-state index contributed by atoms with van der Waals surface area (Å²) in [5.41, 5.74) is 0. The van der Waals surface area contributed by atoms with E-state index in [1.807, 2.05) is 6.92 Å². The molecule has 20 heavy (non-hydrogen) atoms. The van der Waals surface area contributed by atoms with Crippen LogP contribution >= 0.6 is 0 Å². The van der Waals surface area contributed by atoms with Gasteiger partial charge >= 0.3 is 0 Å². The molecule has 0 aromatic carbocycles. The van der Waals surface area contributed by atoms with Crippen molar-refractivity contribution >= 4 is 10.0 Å². The highest BCUT2D eigenvalue weighted by molar-refractivity contribution is 7.89. The number of hydrogen-bond acceptors (Lipinski definition) is 4. The summed E-state index contributed by atoms with van der Waals surface area (Å²) in [5.74, 6) is 0.401. The average molecular weight is 300 g/mol. The van der Waals surface area contributed by atoms with E-state index in [0.717, 1.165) is 32.4 Å². The van der Waals surface area contributed by atoms with Gasteiger partial charge in [0.05, 0.1) is 6.20 Å². The summed E-state index contributed by atoms with van der Waals surface area (Å²) in [6.45, 7) is 5.10. The molecule has 0 bridgehead atoms. The van der Waals surface area contributed by atoms with Gasteiger partial charge in [0, 0.05) is 20.1 Å². The van der Waals surface area contributed by atoms with Crippen LogP contribution in [0.5, 0.6) is 0 Å². The number of aromatic nitrogens is 2. The Morgan fingerprint density at radius 1 is 1.55 bits per heavy atom. The average Bonchev–Trinajstić information content (AvgIpc) is 2.86. The van der Waals surface area contributed by atoms with E-state index in [2.05, 4.69) is 10.4 Å². The number of nitrogens with zero attached hydrogens (tertiary/aromatic N) is 3. The van der Waals surface area contributed by atoms with Gasteiger partial charge in [-0.3, -0.25) is 4.68 Å². The lowest BCUT2D eigenvalue weighted by molar-refractivity contribution is 0.290. The summed E-state index contributed by atoms with van der Waals surface area (Å²) in [6, 6.07) is 1.57. The number of sulfonamides is 1. The van der Waals surface area contributed by atoms with Gasteiger partial charge in [0.2, 0.25) is 0 Å². The van der Waals surface area contributed by atoms with Gasteiger partial charge in [0.25, 0.3) is 10.0 Å². The summed E-state index contributed by atoms with van der Waals surface area (Å²) < 4.78 is 28.5. The Balaban J connectivity index is 2.16. The summed E-state index contributed by atoms with van der Waals surface area (Å²) in [4.78, 5) is 0. The molecule has 1 atom stereocenters. The second-order valence-electron chi connectivity index (χ2n) is 5.37. The molecule has 0 aliphatic carbocycles. The van der Waals surface area contributed by atoms with Crippen LogP contribution in [0.15, 0.2) is 17.3 Å². The Morgan fingerprint density at radius 2 is 2.35 bits per heavy atom. The normalized spacial score (nSPS) is 20.4. The van der Waals surface area contributed by atoms with Gasteiger partial charge < -0.3 is 5.32 Å². The van der Waals surface area contributed by atoms with Crippen molar-refractivity contribution in [3.05, 3.63) is 12.3 Å². The predicted molar refractivity (Wildman–Crippen MR) is 77.9 cm³/mol. The van der Waals surface area contributed by atoms with Crippen LogP contribution in [0.25, 0.3) is 0 Å². The van der Waals surface area contributed by atoms with E-state index in [0.29, 0.717) is 19.0 Å². The van der Waals surface area contributed by atoms with E-state index >= 15 is 0 Å². The van der Waals surface area contributed by atoms with Crippen LogP contribution in [-0.2, 0) is 17.1 Å². The van der Waals surface area contributed by atoms with Crippen molar-refractivity contribution in [2.75, 3.05) is 26.2 Å². The lowest BCUT2D eigenvalue weighted by atomic mass is 10.00. The zero-order valence-corrected chi connectivity index (χ0v) is 13.1. The highest BCUT2D eigenvalue weighted by Gasteiger charge is 2.29. The van der Waals surface area contributed by atoms with Crippen LogP contribution in [0.3, 0.4) is 0 Å². The van der Waals surface area contributed by atoms with E-state index in [1.165, 1.54) is 10.9 Å². The molecule has 1 saturated heterocycles. The number of piperidine rings is 1. The molecule has 0 saturated carbocycles. The summed E-state index contributed by atoms with van der Waals surface area (Å²) in [6.07, 6.45) is 4.56. The minimum atomic E-state index is -3.44. The molecule has 2 rings (SSSR count). The molecule has 1 aliphatic heterocycles. The number of aryl methyl sites for hydroxylation is 1. The molecule has 1 fully saturated rings. The first-order valence-electron chi connectivity index (χ1n) is 7.24. The third kappa shape index (κ3) is 3.39. The van der Waals surface area contributed by atoms with Crippen molar-refractivity contribution in [2.24, 2.45) is 13.0 Å². The Kier molecular flexibility index (Phi) is 5.17. The Bertz CT molecular complexity index is 520. The van der Waals surface area contributed by atoms with Crippen molar-refractivity contribution in [2.45, 2.75) is 31.2 Å². The molecule has 1 aromatic rings. The molecule has 1 unspecified atom stereocenters. The van der Waals surface area contributed by atoms with Crippen LogP contribution in [0, 0.1) is 5.92 Å². The monoisotopic (exact) mass is 300 g/mol. The summed E-state index contributed by atoms with van der Waals surface area (Å²) >= 11 is 0. The maximum absolute atomic E-state index is 12.7. The second kappa shape index (κ2) is 6.69. The number of rotatable bonds is 6. The van der Waals surface area contributed by atoms with E-state index < -0.39 is 10.0 Å². The van der Waals surface area contributed by atoms with Gasteiger partial charge in [0.15, 0.2) is 5.03 Å². The third-order valence-corrected chi connectivity index (χ3v) is 5.65. The standard InChI is InChI=1S/C13H24N4O2S/c1-3-9-17(11-12-5-4-7-14-10-12)20(18,19)13-6-8-15-16(13)2/h6,8,12,14H,3-5,7,9-11H2,1-2H3. The summed E-state index contributed by atoms with van der Waals surface area (Å²) in [7, 11) is -1.78. The van der Waals surface area contributed by atoms with E-state index in [9.17, 15) is 8.42 Å². The topological polar surface area (TPSA) is 67.2 Å². The molecule has 1 aromatic heterocycles. The lowest BCUT2D eigenvalue weighted by Gasteiger charge is -2.29. The molecule has 2 heterocycles. The van der Waals surface area contributed by atoms with Crippen LogP contribution in [0.1, 0.15) is 26.2 Å². The maximum atomic E-state index is 12.7. The third-order valence-electron chi connectivity index (χ3n) is 3.71. The van der Waals surface area contributed by atoms with Gasteiger partial charge in [-0.15, -0.1) is 0 Å². The molecule has 0 spiro atoms. The fourth-order valence-electron chi connectivity index (χ4n) is 2.67. The molecule has 0 radical (unpaired) electrons. The molecule has 0 amide bonds. The fraction of sp³-hybridized carbons (Fsp3) is 0.769. The van der Waals surface area contributed by atoms with Crippen LogP contribution in [0.4, 0.5) is 0 Å². The second-order valence-corrected chi connectivity index (χ2v) is 7.25. The first kappa shape index (κ1) is 15.5. The number of hydrogen-bond donors (Lipinski definition) is 1. The fourth-order valence-corrected chi connectivity index (χ4v) is 4.38. The Labute approximate surface area is 121 Å². The van der Waals surface area contributed by atoms with E-state index in [-0.39, 0.29) is 5.03 Å². The molecular formula is C13H24N4O2S. The van der Waals surface area contributed by atoms with Gasteiger partial charge in [-0.2, -0.15) is 9.40 Å². The molecular weight excluding hydrogens is 276 g/mol. The first-order chi connectivity index (χ1) is 9.55. The van der Waals surface area contributed by atoms with Crippen LogP contribution in [0.2, 0.25) is 0 Å². The van der Waals surface area contributed by atoms with Crippen molar-refractivity contribution in [1.82, 2.24) is 19.4 Å². The number of nitrogens with one attached hydrogen (secondary N) is 1. The molecule has 6 nitrogen and oxygen atoms in total. The quantitative estimate of drug-likeness (QED) is 0.844. The predicted octanol–water partition coefficient (Wildman–Crippen LogP) is 0.820. The highest BCUT2D eigenvalue weighted by atomic mass is 32.2. The van der Waals surface area contributed by atoms with E-state index in [4.69, 9.17) is 0 Å². The largest absolute Gasteiger partial charge is 0.316 e. The first-order valence-corrected chi connectivity index (χ1v) is 8.68. The Morgan fingerprint density at radius 3 is 2.90 bits per heavy atom. The van der Waals surface area contributed by atoms with Crippen molar-refractivity contribution in [3.8, 4) is 0 Å². The molecule has 114 valence electrons. The molecule has 1 N–H and O–H groups in total. The van der Waals surface area contributed by atoms with Gasteiger partial charge in [-0.25, -0.2) is 8.42 Å². The zero-order chi connectivity index (χ0) is 14.6. The van der Waals surface area contributed by atoms with Gasteiger partial charge in [0.1, 0.15) is 0 Å². The van der Waals surface area contributed by atoms with Gasteiger partial charge in [-0.1, -0.05) is 6.92 Å². The highest BCUT2D eigenvalue weighted by Crippen LogP contribution is 2.19. The van der Waals surface area contributed by atoms with Crippen molar-refractivity contribution < 1.29 is 8.42 Å². The smallest absolute Gasteiger partial charge is 0.260 e. The summed E-state index contributed by atoms with van der Waals surface area (Å²) in [5, 5.41) is 7.58. The minimum absolute atomic E-state index is 0.273. The minimum Gasteiger partial charge on any atom is -0.316 e. The Hall–Kier alpha value is -0.920. The van der Waals surface area contributed by atoms with E-state index in [1.54, 1.807) is 17.4 Å². The van der Waals surface area contributed by atoms with Crippen molar-refractivity contribution in [3.63, 3.8) is 0 Å². The molecule has 7 heteroatoms. The lowest BCUT2D eigenvalue weighted by Crippen LogP contribution is -2.41. The van der Waals surface area contributed by atoms with Crippen LogP contribution < -0.4 is 5.32 Å².